The lowest BCUT2D eigenvalue weighted by atomic mass is 9.95. The minimum atomic E-state index is -3.94. The van der Waals surface area contributed by atoms with Crippen molar-refractivity contribution >= 4 is 39.1 Å². The highest BCUT2D eigenvalue weighted by Gasteiger charge is 2.35. The molecule has 1 fully saturated rings. The average molecular weight is 478 g/mol. The van der Waals surface area contributed by atoms with Crippen LogP contribution < -0.4 is 10.0 Å². The molecule has 0 bridgehead atoms. The van der Waals surface area contributed by atoms with Gasteiger partial charge in [-0.05, 0) is 49.1 Å². The number of nitrogens with zero attached hydrogens (tertiary/aromatic N) is 1. The molecule has 2 aromatic rings. The Labute approximate surface area is 194 Å². The summed E-state index contributed by atoms with van der Waals surface area (Å²) >= 11 is 5.93. The number of carbonyl (C=O) groups is 2. The molecular weight excluding hydrogens is 450 g/mol. The highest BCUT2D eigenvalue weighted by molar-refractivity contribution is 7.89. The Morgan fingerprint density at radius 3 is 2.47 bits per heavy atom. The number of piperidine rings is 1. The first-order valence-electron chi connectivity index (χ1n) is 10.6. The van der Waals surface area contributed by atoms with Crippen molar-refractivity contribution in [1.82, 2.24) is 9.62 Å². The van der Waals surface area contributed by atoms with Crippen molar-refractivity contribution in [2.24, 2.45) is 11.8 Å². The van der Waals surface area contributed by atoms with Gasteiger partial charge in [0, 0.05) is 23.8 Å². The Bertz CT molecular complexity index is 1060. The van der Waals surface area contributed by atoms with Crippen LogP contribution in [0.3, 0.4) is 0 Å². The summed E-state index contributed by atoms with van der Waals surface area (Å²) in [5.74, 6) is -1.11. The van der Waals surface area contributed by atoms with Crippen LogP contribution in [0.15, 0.2) is 59.5 Å². The van der Waals surface area contributed by atoms with E-state index in [1.807, 2.05) is 30.3 Å². The lowest BCUT2D eigenvalue weighted by Gasteiger charge is -2.35. The van der Waals surface area contributed by atoms with Crippen molar-refractivity contribution in [2.45, 2.75) is 37.6 Å². The van der Waals surface area contributed by atoms with Crippen molar-refractivity contribution in [2.75, 3.05) is 18.4 Å². The maximum Gasteiger partial charge on any atom is 0.241 e. The van der Waals surface area contributed by atoms with Gasteiger partial charge in [-0.3, -0.25) is 9.59 Å². The lowest BCUT2D eigenvalue weighted by molar-refractivity contribution is -0.137. The number of carbonyl (C=O) groups excluding carboxylic acids is 2. The molecule has 2 N–H and O–H groups in total. The summed E-state index contributed by atoms with van der Waals surface area (Å²) in [6.07, 6.45) is 1.34. The highest BCUT2D eigenvalue weighted by atomic mass is 35.5. The number of amides is 2. The molecule has 3 rings (SSSR count). The fourth-order valence-electron chi connectivity index (χ4n) is 3.69. The molecular formula is C23H28ClN3O4S. The number of sulfonamides is 1. The zero-order valence-corrected chi connectivity index (χ0v) is 19.7. The third kappa shape index (κ3) is 6.09. The molecule has 9 heteroatoms. The molecule has 1 heterocycles. The van der Waals surface area contributed by atoms with E-state index in [-0.39, 0.29) is 35.1 Å². The van der Waals surface area contributed by atoms with Gasteiger partial charge in [-0.25, -0.2) is 8.42 Å². The second-order valence-corrected chi connectivity index (χ2v) is 10.4. The number of hydrogen-bond donors (Lipinski definition) is 2. The van der Waals surface area contributed by atoms with Crippen molar-refractivity contribution in [3.63, 3.8) is 0 Å². The molecule has 0 radical (unpaired) electrons. The summed E-state index contributed by atoms with van der Waals surface area (Å²) in [5, 5.41) is 3.18. The predicted octanol–water partition coefficient (Wildman–Crippen LogP) is 3.52. The summed E-state index contributed by atoms with van der Waals surface area (Å²) in [7, 11) is -3.94. The highest BCUT2D eigenvalue weighted by Crippen LogP contribution is 2.22. The summed E-state index contributed by atoms with van der Waals surface area (Å²) in [5.41, 5.74) is 0.704. The van der Waals surface area contributed by atoms with Gasteiger partial charge < -0.3 is 10.2 Å². The lowest BCUT2D eigenvalue weighted by Crippen LogP contribution is -2.54. The second kappa shape index (κ2) is 10.5. The van der Waals surface area contributed by atoms with Crippen molar-refractivity contribution in [3.8, 4) is 0 Å². The van der Waals surface area contributed by atoms with Gasteiger partial charge in [0.2, 0.25) is 21.8 Å². The largest absolute Gasteiger partial charge is 0.341 e. The molecule has 1 saturated heterocycles. The van der Waals surface area contributed by atoms with Gasteiger partial charge in [0.25, 0.3) is 0 Å². The maximum atomic E-state index is 13.3. The molecule has 1 unspecified atom stereocenters. The summed E-state index contributed by atoms with van der Waals surface area (Å²) in [6.45, 7) is 4.30. The summed E-state index contributed by atoms with van der Waals surface area (Å²) in [6, 6.07) is 14.1. The van der Waals surface area contributed by atoms with Gasteiger partial charge >= 0.3 is 0 Å². The van der Waals surface area contributed by atoms with Gasteiger partial charge in [-0.15, -0.1) is 0 Å². The number of nitrogens with one attached hydrogen (secondary N) is 2. The molecule has 1 aliphatic rings. The van der Waals surface area contributed by atoms with Gasteiger partial charge in [0.05, 0.1) is 10.8 Å². The molecule has 1 aliphatic heterocycles. The average Bonchev–Trinajstić information content (AvgIpc) is 2.77. The van der Waals surface area contributed by atoms with Crippen LogP contribution >= 0.6 is 11.6 Å². The van der Waals surface area contributed by atoms with Gasteiger partial charge in [-0.2, -0.15) is 4.72 Å². The van der Waals surface area contributed by atoms with E-state index in [0.29, 0.717) is 30.1 Å². The molecule has 0 aromatic heterocycles. The first kappa shape index (κ1) is 24.2. The molecule has 32 heavy (non-hydrogen) atoms. The van der Waals surface area contributed by atoms with E-state index in [0.717, 1.165) is 0 Å². The van der Waals surface area contributed by atoms with E-state index in [4.69, 9.17) is 11.6 Å². The minimum absolute atomic E-state index is 0.00205. The van der Waals surface area contributed by atoms with Gasteiger partial charge in [0.15, 0.2) is 0 Å². The van der Waals surface area contributed by atoms with Crippen LogP contribution in [0.2, 0.25) is 5.02 Å². The normalized spacial score (nSPS) is 17.8. The fourth-order valence-corrected chi connectivity index (χ4v) is 5.33. The molecule has 2 aromatic carbocycles. The Kier molecular flexibility index (Phi) is 7.92. The number of halogens is 1. The van der Waals surface area contributed by atoms with Gasteiger partial charge in [0.1, 0.15) is 6.04 Å². The van der Waals surface area contributed by atoms with E-state index in [1.165, 1.54) is 12.1 Å². The third-order valence-corrected chi connectivity index (χ3v) is 7.14. The third-order valence-electron chi connectivity index (χ3n) is 5.47. The van der Waals surface area contributed by atoms with Crippen LogP contribution in [0.1, 0.15) is 26.7 Å². The Balaban J connectivity index is 1.71. The molecule has 0 aliphatic carbocycles. The van der Waals surface area contributed by atoms with Crippen LogP contribution in [0, 0.1) is 11.8 Å². The van der Waals surface area contributed by atoms with Crippen LogP contribution in [-0.4, -0.2) is 44.3 Å². The van der Waals surface area contributed by atoms with E-state index in [2.05, 4.69) is 10.0 Å². The topological polar surface area (TPSA) is 95.6 Å². The molecule has 172 valence electrons. The van der Waals surface area contributed by atoms with Crippen LogP contribution in [0.4, 0.5) is 5.69 Å². The van der Waals surface area contributed by atoms with E-state index < -0.39 is 16.1 Å². The molecule has 7 nitrogen and oxygen atoms in total. The minimum Gasteiger partial charge on any atom is -0.341 e. The molecule has 2 amide bonds. The van der Waals surface area contributed by atoms with Crippen molar-refractivity contribution in [3.05, 3.63) is 59.6 Å². The van der Waals surface area contributed by atoms with Crippen LogP contribution in [0.5, 0.6) is 0 Å². The van der Waals surface area contributed by atoms with E-state index >= 15 is 0 Å². The van der Waals surface area contributed by atoms with E-state index in [9.17, 15) is 18.0 Å². The smallest absolute Gasteiger partial charge is 0.241 e. The number of rotatable bonds is 7. The van der Waals surface area contributed by atoms with Crippen molar-refractivity contribution in [1.29, 1.82) is 0 Å². The molecule has 0 saturated carbocycles. The Morgan fingerprint density at radius 2 is 1.81 bits per heavy atom. The molecule has 2 atom stereocenters. The number of benzene rings is 2. The SMILES string of the molecule is CC(C)[C@H](NS(=O)(=O)c1cccc(Cl)c1)C(=O)N1CCCC(C(=O)Nc2ccccc2)C1. The number of hydrogen-bond acceptors (Lipinski definition) is 4. The first-order valence-corrected chi connectivity index (χ1v) is 12.5. The fraction of sp³-hybridized carbons (Fsp3) is 0.391. The number of anilines is 1. The number of likely N-dealkylation sites (tertiary alicyclic amines) is 1. The van der Waals surface area contributed by atoms with Gasteiger partial charge in [-0.1, -0.05) is 49.7 Å². The Hall–Kier alpha value is -2.42. The number of para-hydroxylation sites is 1. The Morgan fingerprint density at radius 1 is 1.09 bits per heavy atom. The predicted molar refractivity (Wildman–Crippen MR) is 125 cm³/mol. The van der Waals surface area contributed by atoms with Crippen molar-refractivity contribution < 1.29 is 18.0 Å². The van der Waals surface area contributed by atoms with Crippen LogP contribution in [-0.2, 0) is 19.6 Å². The second-order valence-electron chi connectivity index (χ2n) is 8.28. The van der Waals surface area contributed by atoms with E-state index in [1.54, 1.807) is 30.9 Å². The maximum absolute atomic E-state index is 13.3. The zero-order chi connectivity index (χ0) is 23.3. The zero-order valence-electron chi connectivity index (χ0n) is 18.1. The molecule has 0 spiro atoms. The summed E-state index contributed by atoms with van der Waals surface area (Å²) in [4.78, 5) is 27.6. The quantitative estimate of drug-likeness (QED) is 0.637. The van der Waals surface area contributed by atoms with Crippen LogP contribution in [0.25, 0.3) is 0 Å². The first-order chi connectivity index (χ1) is 15.2. The summed E-state index contributed by atoms with van der Waals surface area (Å²) < 4.78 is 28.3. The standard InChI is InChI=1S/C23H28ClN3O4S/c1-16(2)21(26-32(30,31)20-12-6-9-18(24)14-20)23(29)27-13-7-8-17(15-27)22(28)25-19-10-4-3-5-11-19/h3-6,9-12,14,16-17,21,26H,7-8,13,15H2,1-2H3,(H,25,28)/t17?,21-/m0/s1. The monoisotopic (exact) mass is 477 g/mol.